The standard InChI is InChI=1S/C18H22FN5O/c1-11-10-12(2)24(22-11)13(3)18(25)20-9-8-16-21-17-14(19)6-5-7-15(17)23(16)4/h5-7,10,13H,8-9H2,1-4H3,(H,20,25)/t13-/m1/s1. The molecule has 0 saturated heterocycles. The van der Waals surface area contributed by atoms with Gasteiger partial charge < -0.3 is 9.88 Å². The van der Waals surface area contributed by atoms with Crippen molar-refractivity contribution < 1.29 is 9.18 Å². The van der Waals surface area contributed by atoms with Crippen LogP contribution in [0.5, 0.6) is 0 Å². The molecule has 0 saturated carbocycles. The van der Waals surface area contributed by atoms with Gasteiger partial charge in [-0.3, -0.25) is 9.48 Å². The molecular formula is C18H22FN5O. The first kappa shape index (κ1) is 17.1. The molecule has 25 heavy (non-hydrogen) atoms. The summed E-state index contributed by atoms with van der Waals surface area (Å²) in [5.41, 5.74) is 2.95. The predicted molar refractivity (Wildman–Crippen MR) is 93.8 cm³/mol. The summed E-state index contributed by atoms with van der Waals surface area (Å²) >= 11 is 0. The van der Waals surface area contributed by atoms with Crippen LogP contribution in [0.1, 0.15) is 30.2 Å². The van der Waals surface area contributed by atoms with Crippen LogP contribution < -0.4 is 5.32 Å². The van der Waals surface area contributed by atoms with Gasteiger partial charge in [0.05, 0.1) is 11.2 Å². The van der Waals surface area contributed by atoms with Crippen LogP contribution in [-0.2, 0) is 18.3 Å². The molecule has 1 aromatic carbocycles. The van der Waals surface area contributed by atoms with Crippen molar-refractivity contribution in [3.63, 3.8) is 0 Å². The van der Waals surface area contributed by atoms with Crippen LogP contribution in [-0.4, -0.2) is 31.8 Å². The molecule has 1 N–H and O–H groups in total. The van der Waals surface area contributed by atoms with Gasteiger partial charge in [-0.25, -0.2) is 9.37 Å². The van der Waals surface area contributed by atoms with Crippen LogP contribution in [0.4, 0.5) is 4.39 Å². The Hall–Kier alpha value is -2.70. The zero-order valence-corrected chi connectivity index (χ0v) is 14.9. The summed E-state index contributed by atoms with van der Waals surface area (Å²) in [6.07, 6.45) is 0.528. The fraction of sp³-hybridized carbons (Fsp3) is 0.389. The van der Waals surface area contributed by atoms with Crippen molar-refractivity contribution in [2.75, 3.05) is 6.54 Å². The number of benzene rings is 1. The van der Waals surface area contributed by atoms with Crippen molar-refractivity contribution in [1.82, 2.24) is 24.6 Å². The number of hydrogen-bond donors (Lipinski definition) is 1. The lowest BCUT2D eigenvalue weighted by Crippen LogP contribution is -2.33. The summed E-state index contributed by atoms with van der Waals surface area (Å²) in [6, 6.07) is 6.46. The van der Waals surface area contributed by atoms with Crippen LogP contribution in [0.3, 0.4) is 0 Å². The monoisotopic (exact) mass is 343 g/mol. The molecule has 0 unspecified atom stereocenters. The minimum Gasteiger partial charge on any atom is -0.354 e. The Morgan fingerprint density at radius 2 is 2.12 bits per heavy atom. The van der Waals surface area contributed by atoms with Gasteiger partial charge in [0.25, 0.3) is 0 Å². The molecule has 7 heteroatoms. The first-order valence-electron chi connectivity index (χ1n) is 8.28. The van der Waals surface area contributed by atoms with E-state index in [-0.39, 0.29) is 17.8 Å². The number of imidazole rings is 1. The van der Waals surface area contributed by atoms with Crippen molar-refractivity contribution in [2.45, 2.75) is 33.2 Å². The highest BCUT2D eigenvalue weighted by Crippen LogP contribution is 2.18. The van der Waals surface area contributed by atoms with Crippen LogP contribution in [0.2, 0.25) is 0 Å². The molecule has 0 aliphatic heterocycles. The van der Waals surface area contributed by atoms with E-state index in [0.717, 1.165) is 22.7 Å². The number of aryl methyl sites for hydroxylation is 3. The van der Waals surface area contributed by atoms with E-state index < -0.39 is 0 Å². The van der Waals surface area contributed by atoms with E-state index in [4.69, 9.17) is 0 Å². The van der Waals surface area contributed by atoms with E-state index in [2.05, 4.69) is 15.4 Å². The average Bonchev–Trinajstić information content (AvgIpc) is 3.08. The number of nitrogens with one attached hydrogen (secondary N) is 1. The number of carbonyl (C=O) groups excluding carboxylic acids is 1. The third-order valence-corrected chi connectivity index (χ3v) is 4.39. The van der Waals surface area contributed by atoms with Gasteiger partial charge in [-0.2, -0.15) is 5.10 Å². The van der Waals surface area contributed by atoms with E-state index in [1.165, 1.54) is 6.07 Å². The van der Waals surface area contributed by atoms with E-state index >= 15 is 0 Å². The van der Waals surface area contributed by atoms with E-state index in [9.17, 15) is 9.18 Å². The number of halogens is 1. The molecule has 132 valence electrons. The molecule has 0 radical (unpaired) electrons. The van der Waals surface area contributed by atoms with Crippen molar-refractivity contribution in [2.24, 2.45) is 7.05 Å². The van der Waals surface area contributed by atoms with Crippen molar-refractivity contribution in [3.05, 3.63) is 47.3 Å². The Morgan fingerprint density at radius 3 is 2.76 bits per heavy atom. The van der Waals surface area contributed by atoms with Crippen LogP contribution >= 0.6 is 0 Å². The van der Waals surface area contributed by atoms with Gasteiger partial charge in [-0.15, -0.1) is 0 Å². The normalized spacial score (nSPS) is 12.5. The molecule has 0 aliphatic carbocycles. The molecule has 1 amide bonds. The third kappa shape index (κ3) is 3.26. The van der Waals surface area contributed by atoms with Crippen LogP contribution in [0.25, 0.3) is 11.0 Å². The molecule has 0 aliphatic rings. The maximum Gasteiger partial charge on any atom is 0.244 e. The van der Waals surface area contributed by atoms with E-state index in [1.54, 1.807) is 10.7 Å². The maximum absolute atomic E-state index is 13.8. The molecule has 0 spiro atoms. The number of para-hydroxylation sites is 1. The lowest BCUT2D eigenvalue weighted by molar-refractivity contribution is -0.124. The Balaban J connectivity index is 1.65. The molecular weight excluding hydrogens is 321 g/mol. The number of aromatic nitrogens is 4. The molecule has 0 bridgehead atoms. The van der Waals surface area contributed by atoms with Gasteiger partial charge in [-0.1, -0.05) is 6.07 Å². The van der Waals surface area contributed by atoms with E-state index in [1.807, 2.05) is 44.5 Å². The van der Waals surface area contributed by atoms with Crippen LogP contribution in [0, 0.1) is 19.7 Å². The molecule has 6 nitrogen and oxygen atoms in total. The topological polar surface area (TPSA) is 64.7 Å². The van der Waals surface area contributed by atoms with Gasteiger partial charge in [0.15, 0.2) is 5.82 Å². The second-order valence-electron chi connectivity index (χ2n) is 6.28. The number of amides is 1. The SMILES string of the molecule is Cc1cc(C)n([C@H](C)C(=O)NCCc2nc3c(F)cccc3n2C)n1. The molecule has 2 aromatic heterocycles. The quantitative estimate of drug-likeness (QED) is 0.774. The fourth-order valence-electron chi connectivity index (χ4n) is 3.05. The summed E-state index contributed by atoms with van der Waals surface area (Å²) in [7, 11) is 1.85. The summed E-state index contributed by atoms with van der Waals surface area (Å²) in [5, 5.41) is 7.25. The van der Waals surface area contributed by atoms with Gasteiger partial charge in [0.2, 0.25) is 5.91 Å². The minimum absolute atomic E-state index is 0.101. The number of rotatable bonds is 5. The van der Waals surface area contributed by atoms with Gasteiger partial charge in [-0.05, 0) is 39.0 Å². The average molecular weight is 343 g/mol. The second-order valence-corrected chi connectivity index (χ2v) is 6.28. The number of hydrogen-bond acceptors (Lipinski definition) is 3. The van der Waals surface area contributed by atoms with Crippen LogP contribution in [0.15, 0.2) is 24.3 Å². The third-order valence-electron chi connectivity index (χ3n) is 4.39. The highest BCUT2D eigenvalue weighted by atomic mass is 19.1. The highest BCUT2D eigenvalue weighted by molar-refractivity contribution is 5.80. The molecule has 2 heterocycles. The minimum atomic E-state index is -0.383. The van der Waals surface area contributed by atoms with E-state index in [0.29, 0.717) is 18.5 Å². The lowest BCUT2D eigenvalue weighted by Gasteiger charge is -2.14. The zero-order valence-electron chi connectivity index (χ0n) is 14.9. The number of nitrogens with zero attached hydrogens (tertiary/aromatic N) is 4. The van der Waals surface area contributed by atoms with Gasteiger partial charge in [0.1, 0.15) is 17.4 Å². The first-order chi connectivity index (χ1) is 11.9. The largest absolute Gasteiger partial charge is 0.354 e. The Morgan fingerprint density at radius 1 is 1.36 bits per heavy atom. The summed E-state index contributed by atoms with van der Waals surface area (Å²) in [5.74, 6) is 0.303. The molecule has 0 fully saturated rings. The number of carbonyl (C=O) groups is 1. The predicted octanol–water partition coefficient (Wildman–Crippen LogP) is 2.45. The summed E-state index contributed by atoms with van der Waals surface area (Å²) in [6.45, 7) is 6.08. The molecule has 1 atom stereocenters. The first-order valence-corrected chi connectivity index (χ1v) is 8.28. The Labute approximate surface area is 145 Å². The lowest BCUT2D eigenvalue weighted by atomic mass is 10.3. The fourth-order valence-corrected chi connectivity index (χ4v) is 3.05. The molecule has 3 aromatic rings. The highest BCUT2D eigenvalue weighted by Gasteiger charge is 2.18. The van der Waals surface area contributed by atoms with Crippen molar-refractivity contribution in [1.29, 1.82) is 0 Å². The second kappa shape index (κ2) is 6.66. The smallest absolute Gasteiger partial charge is 0.244 e. The Kier molecular flexibility index (Phi) is 4.57. The van der Waals surface area contributed by atoms with Crippen molar-refractivity contribution in [3.8, 4) is 0 Å². The van der Waals surface area contributed by atoms with Crippen molar-refractivity contribution >= 4 is 16.9 Å². The Bertz CT molecular complexity index is 927. The van der Waals surface area contributed by atoms with Gasteiger partial charge >= 0.3 is 0 Å². The summed E-state index contributed by atoms with van der Waals surface area (Å²) < 4.78 is 17.4. The zero-order chi connectivity index (χ0) is 18.1. The number of fused-ring (bicyclic) bond motifs is 1. The summed E-state index contributed by atoms with van der Waals surface area (Å²) in [4.78, 5) is 16.7. The maximum atomic E-state index is 13.8. The van der Waals surface area contributed by atoms with Gasteiger partial charge in [0, 0.05) is 25.7 Å². The molecule has 3 rings (SSSR count).